The predicted molar refractivity (Wildman–Crippen MR) is 72.6 cm³/mol. The second-order valence-electron chi connectivity index (χ2n) is 4.28. The van der Waals surface area contributed by atoms with Crippen molar-refractivity contribution in [2.24, 2.45) is 7.05 Å². The summed E-state index contributed by atoms with van der Waals surface area (Å²) >= 11 is 0. The highest BCUT2D eigenvalue weighted by atomic mass is 16.5. The van der Waals surface area contributed by atoms with Gasteiger partial charge in [-0.15, -0.1) is 0 Å². The number of aromatic nitrogens is 2. The maximum atomic E-state index is 5.72. The summed E-state index contributed by atoms with van der Waals surface area (Å²) < 4.78 is 7.34. The summed E-state index contributed by atoms with van der Waals surface area (Å²) in [5.74, 6) is 1.58. The van der Waals surface area contributed by atoms with E-state index in [0.717, 1.165) is 24.3 Å². The molecule has 0 aliphatic carbocycles. The molecule has 0 radical (unpaired) electrons. The third-order valence-corrected chi connectivity index (χ3v) is 2.93. The van der Waals surface area contributed by atoms with E-state index in [-0.39, 0.29) is 0 Å². The van der Waals surface area contributed by atoms with Gasteiger partial charge in [0.25, 0.3) is 0 Å². The van der Waals surface area contributed by atoms with Crippen LogP contribution in [0.1, 0.15) is 18.2 Å². The molecule has 0 saturated carbocycles. The van der Waals surface area contributed by atoms with Crippen molar-refractivity contribution in [3.05, 3.63) is 41.6 Å². The van der Waals surface area contributed by atoms with Crippen LogP contribution in [0, 0.1) is 0 Å². The third-order valence-electron chi connectivity index (χ3n) is 2.93. The summed E-state index contributed by atoms with van der Waals surface area (Å²) in [5.41, 5.74) is 7.99. The molecular formula is C14H19N3O. The average molecular weight is 245 g/mol. The molecule has 1 aromatic heterocycles. The Labute approximate surface area is 107 Å². The second kappa shape index (κ2) is 5.58. The molecule has 0 unspecified atom stereocenters. The van der Waals surface area contributed by atoms with E-state index >= 15 is 0 Å². The van der Waals surface area contributed by atoms with Gasteiger partial charge in [0.05, 0.1) is 12.3 Å². The smallest absolute Gasteiger partial charge is 0.121 e. The first kappa shape index (κ1) is 12.5. The van der Waals surface area contributed by atoms with Gasteiger partial charge in [-0.1, -0.05) is 19.1 Å². The average Bonchev–Trinajstić information content (AvgIpc) is 2.69. The van der Waals surface area contributed by atoms with Crippen LogP contribution in [0.2, 0.25) is 0 Å². The third kappa shape index (κ3) is 3.03. The van der Waals surface area contributed by atoms with Crippen LogP contribution >= 0.6 is 0 Å². The number of anilines is 1. The maximum absolute atomic E-state index is 5.72. The molecule has 0 saturated heterocycles. The molecule has 0 atom stereocenters. The summed E-state index contributed by atoms with van der Waals surface area (Å²) in [7, 11) is 1.84. The summed E-state index contributed by atoms with van der Waals surface area (Å²) in [6.07, 6.45) is 1.81. The molecule has 4 heteroatoms. The van der Waals surface area contributed by atoms with Crippen molar-refractivity contribution < 1.29 is 4.74 Å². The summed E-state index contributed by atoms with van der Waals surface area (Å²) in [6.45, 7) is 2.75. The van der Waals surface area contributed by atoms with E-state index in [2.05, 4.69) is 24.2 Å². The minimum Gasteiger partial charge on any atom is -0.493 e. The zero-order chi connectivity index (χ0) is 13.0. The van der Waals surface area contributed by atoms with Gasteiger partial charge in [0.2, 0.25) is 0 Å². The van der Waals surface area contributed by atoms with Crippen molar-refractivity contribution >= 4 is 5.82 Å². The number of nitrogen functional groups attached to an aromatic ring is 1. The van der Waals surface area contributed by atoms with Gasteiger partial charge >= 0.3 is 0 Å². The Morgan fingerprint density at radius 3 is 2.56 bits per heavy atom. The van der Waals surface area contributed by atoms with E-state index in [0.29, 0.717) is 12.4 Å². The zero-order valence-corrected chi connectivity index (χ0v) is 10.9. The lowest BCUT2D eigenvalue weighted by molar-refractivity contribution is 0.320. The van der Waals surface area contributed by atoms with E-state index in [1.54, 1.807) is 4.68 Å². The molecule has 2 rings (SSSR count). The van der Waals surface area contributed by atoms with Crippen LogP contribution in [0.25, 0.3) is 0 Å². The molecule has 1 heterocycles. The van der Waals surface area contributed by atoms with Crippen LogP contribution in [-0.4, -0.2) is 16.4 Å². The molecule has 2 aromatic rings. The quantitative estimate of drug-likeness (QED) is 0.878. The van der Waals surface area contributed by atoms with Gasteiger partial charge < -0.3 is 10.5 Å². The van der Waals surface area contributed by atoms with E-state index in [9.17, 15) is 0 Å². The molecular weight excluding hydrogens is 226 g/mol. The Kier molecular flexibility index (Phi) is 3.87. The summed E-state index contributed by atoms with van der Waals surface area (Å²) in [4.78, 5) is 0. The van der Waals surface area contributed by atoms with Crippen molar-refractivity contribution in [1.82, 2.24) is 9.78 Å². The molecule has 0 aliphatic rings. The van der Waals surface area contributed by atoms with Gasteiger partial charge in [0.15, 0.2) is 0 Å². The van der Waals surface area contributed by atoms with Gasteiger partial charge in [0.1, 0.15) is 11.6 Å². The summed E-state index contributed by atoms with van der Waals surface area (Å²) in [5, 5.41) is 4.28. The molecule has 0 bridgehead atoms. The number of hydrogen-bond acceptors (Lipinski definition) is 3. The molecule has 4 nitrogen and oxygen atoms in total. The Hall–Kier alpha value is -1.97. The number of nitrogens with two attached hydrogens (primary N) is 1. The van der Waals surface area contributed by atoms with Crippen molar-refractivity contribution in [2.75, 3.05) is 12.3 Å². The zero-order valence-electron chi connectivity index (χ0n) is 10.9. The fourth-order valence-corrected chi connectivity index (χ4v) is 1.76. The van der Waals surface area contributed by atoms with E-state index in [1.165, 1.54) is 5.56 Å². The van der Waals surface area contributed by atoms with Crippen LogP contribution in [0.15, 0.2) is 30.3 Å². The molecule has 18 heavy (non-hydrogen) atoms. The lowest BCUT2D eigenvalue weighted by Crippen LogP contribution is -2.02. The second-order valence-corrected chi connectivity index (χ2v) is 4.28. The van der Waals surface area contributed by atoms with E-state index in [1.807, 2.05) is 25.2 Å². The first-order valence-corrected chi connectivity index (χ1v) is 6.19. The number of rotatable bonds is 5. The topological polar surface area (TPSA) is 53.1 Å². The molecule has 0 fully saturated rings. The lowest BCUT2D eigenvalue weighted by atomic mass is 10.2. The molecule has 0 amide bonds. The standard InChI is InChI=1S/C14H19N3O/c1-3-11-4-6-13(7-5-11)18-9-8-12-10-14(15)17(2)16-12/h4-7,10H,3,8-9,15H2,1-2H3. The fraction of sp³-hybridized carbons (Fsp3) is 0.357. The van der Waals surface area contributed by atoms with Crippen molar-refractivity contribution in [3.63, 3.8) is 0 Å². The monoisotopic (exact) mass is 245 g/mol. The highest BCUT2D eigenvalue weighted by Gasteiger charge is 2.02. The molecule has 1 aromatic carbocycles. The Bertz CT molecular complexity index is 483. The number of aryl methyl sites for hydroxylation is 2. The number of benzene rings is 1. The molecule has 0 aliphatic heterocycles. The molecule has 2 N–H and O–H groups in total. The van der Waals surface area contributed by atoms with Crippen LogP contribution in [0.3, 0.4) is 0 Å². The number of nitrogens with zero attached hydrogens (tertiary/aromatic N) is 2. The van der Waals surface area contributed by atoms with Crippen LogP contribution in [-0.2, 0) is 19.9 Å². The van der Waals surface area contributed by atoms with Crippen LogP contribution in [0.5, 0.6) is 5.75 Å². The molecule has 0 spiro atoms. The van der Waals surface area contributed by atoms with E-state index in [4.69, 9.17) is 10.5 Å². The summed E-state index contributed by atoms with van der Waals surface area (Å²) in [6, 6.07) is 10.1. The molecule has 96 valence electrons. The highest BCUT2D eigenvalue weighted by molar-refractivity contribution is 5.30. The maximum Gasteiger partial charge on any atom is 0.121 e. The number of hydrogen-bond donors (Lipinski definition) is 1. The van der Waals surface area contributed by atoms with Crippen LogP contribution < -0.4 is 10.5 Å². The Morgan fingerprint density at radius 1 is 1.28 bits per heavy atom. The van der Waals surface area contributed by atoms with Gasteiger partial charge in [-0.05, 0) is 24.1 Å². The largest absolute Gasteiger partial charge is 0.493 e. The number of ether oxygens (including phenoxy) is 1. The van der Waals surface area contributed by atoms with Gasteiger partial charge in [-0.2, -0.15) is 5.10 Å². The highest BCUT2D eigenvalue weighted by Crippen LogP contribution is 2.13. The van der Waals surface area contributed by atoms with Gasteiger partial charge in [-0.25, -0.2) is 0 Å². The first-order chi connectivity index (χ1) is 8.69. The van der Waals surface area contributed by atoms with Crippen LogP contribution in [0.4, 0.5) is 5.82 Å². The minimum atomic E-state index is 0.613. The van der Waals surface area contributed by atoms with Crippen molar-refractivity contribution in [3.8, 4) is 5.75 Å². The SMILES string of the molecule is CCc1ccc(OCCc2cc(N)n(C)n2)cc1. The normalized spacial score (nSPS) is 10.6. The van der Waals surface area contributed by atoms with E-state index < -0.39 is 0 Å². The van der Waals surface area contributed by atoms with Crippen molar-refractivity contribution in [1.29, 1.82) is 0 Å². The fourth-order valence-electron chi connectivity index (χ4n) is 1.76. The van der Waals surface area contributed by atoms with Gasteiger partial charge in [-0.3, -0.25) is 4.68 Å². The predicted octanol–water partition coefficient (Wildman–Crippen LogP) is 2.19. The first-order valence-electron chi connectivity index (χ1n) is 6.19. The minimum absolute atomic E-state index is 0.613. The Balaban J connectivity index is 1.84. The van der Waals surface area contributed by atoms with Crippen molar-refractivity contribution in [2.45, 2.75) is 19.8 Å². The Morgan fingerprint density at radius 2 is 2.00 bits per heavy atom. The van der Waals surface area contributed by atoms with Gasteiger partial charge in [0, 0.05) is 19.5 Å². The lowest BCUT2D eigenvalue weighted by Gasteiger charge is -2.05.